The molecule has 0 bridgehead atoms. The van der Waals surface area contributed by atoms with Crippen molar-refractivity contribution in [2.24, 2.45) is 0 Å². The molecular weight excluding hydrogens is 143 g/mol. The van der Waals surface area contributed by atoms with Gasteiger partial charge in [-0.2, -0.15) is 0 Å². The van der Waals surface area contributed by atoms with Gasteiger partial charge in [0.25, 0.3) is 0 Å². The normalized spacial score (nSPS) is 24.1. The molecule has 1 unspecified atom stereocenters. The first kappa shape index (κ1) is 9.77. The lowest BCUT2D eigenvalue weighted by molar-refractivity contribution is 0.997. The van der Waals surface area contributed by atoms with E-state index in [9.17, 15) is 0 Å². The molecule has 1 fully saturated rings. The molecule has 0 saturated heterocycles. The highest BCUT2D eigenvalue weighted by atomic mass is 31.0. The zero-order valence-corrected chi connectivity index (χ0v) is 7.72. The first-order chi connectivity index (χ1) is 4.70. The first-order valence-electron chi connectivity index (χ1n) is 3.61. The highest BCUT2D eigenvalue weighted by molar-refractivity contribution is 7.18. The van der Waals surface area contributed by atoms with Crippen LogP contribution in [0.4, 0.5) is 0 Å². The molecule has 2 nitrogen and oxygen atoms in total. The molecule has 0 radical (unpaired) electrons. The molecule has 0 aliphatic heterocycles. The van der Waals surface area contributed by atoms with Crippen LogP contribution in [0.15, 0.2) is 0 Å². The van der Waals surface area contributed by atoms with Gasteiger partial charge in [0.1, 0.15) is 0 Å². The van der Waals surface area contributed by atoms with E-state index in [0.29, 0.717) is 17.1 Å². The summed E-state index contributed by atoms with van der Waals surface area (Å²) < 4.78 is 0. The Morgan fingerprint density at radius 3 is 1.60 bits per heavy atom. The van der Waals surface area contributed by atoms with Crippen molar-refractivity contribution in [3.8, 4) is 0 Å². The van der Waals surface area contributed by atoms with E-state index in [1.807, 2.05) is 13.8 Å². The van der Waals surface area contributed by atoms with Crippen LogP contribution in [0.3, 0.4) is 0 Å². The summed E-state index contributed by atoms with van der Waals surface area (Å²) >= 11 is 0. The Kier molecular flexibility index (Phi) is 4.46. The summed E-state index contributed by atoms with van der Waals surface area (Å²) in [6, 6.07) is 0. The Morgan fingerprint density at radius 1 is 1.20 bits per heavy atom. The molecule has 1 atom stereocenters. The zero-order valence-electron chi connectivity index (χ0n) is 6.57. The second-order valence-electron chi connectivity index (χ2n) is 2.13. The Hall–Kier alpha value is -0.230. The van der Waals surface area contributed by atoms with Gasteiger partial charge in [0, 0.05) is 0 Å². The van der Waals surface area contributed by atoms with Gasteiger partial charge in [-0.15, -0.1) is 9.24 Å². The third-order valence-corrected chi connectivity index (χ3v) is 1.77. The van der Waals surface area contributed by atoms with Gasteiger partial charge in [0.2, 0.25) is 0 Å². The maximum absolute atomic E-state index is 7.15. The lowest BCUT2D eigenvalue weighted by atomic mass is 10.3. The fourth-order valence-electron chi connectivity index (χ4n) is 0.843. The van der Waals surface area contributed by atoms with Crippen molar-refractivity contribution >= 4 is 20.7 Å². The standard InChI is InChI=1S/C5H9N2P.C2H6/c6-4-1-3(8)2-5(4)7;1-2/h3,6-7H,1-2,8H2;1-2H3. The van der Waals surface area contributed by atoms with Crippen LogP contribution in [-0.4, -0.2) is 17.1 Å². The van der Waals surface area contributed by atoms with Gasteiger partial charge in [-0.3, -0.25) is 0 Å². The average Bonchev–Trinajstić information content (AvgIpc) is 2.16. The van der Waals surface area contributed by atoms with Gasteiger partial charge in [-0.1, -0.05) is 13.8 Å². The summed E-state index contributed by atoms with van der Waals surface area (Å²) in [5.74, 6) is 0. The molecule has 0 heterocycles. The van der Waals surface area contributed by atoms with Crippen molar-refractivity contribution in [3.05, 3.63) is 0 Å². The van der Waals surface area contributed by atoms with Crippen LogP contribution in [0.1, 0.15) is 26.7 Å². The fourth-order valence-corrected chi connectivity index (χ4v) is 1.31. The van der Waals surface area contributed by atoms with Crippen molar-refractivity contribution in [1.29, 1.82) is 10.8 Å². The minimum atomic E-state index is 0.468. The second kappa shape index (κ2) is 4.56. The molecule has 0 aromatic rings. The maximum Gasteiger partial charge on any atom is 0.0527 e. The molecule has 58 valence electrons. The Morgan fingerprint density at radius 2 is 1.50 bits per heavy atom. The molecule has 0 spiro atoms. The van der Waals surface area contributed by atoms with Crippen LogP contribution >= 0.6 is 9.24 Å². The van der Waals surface area contributed by atoms with Crippen LogP contribution in [-0.2, 0) is 0 Å². The zero-order chi connectivity index (χ0) is 8.15. The number of nitrogens with one attached hydrogen (secondary N) is 2. The third-order valence-electron chi connectivity index (χ3n) is 1.30. The highest BCUT2D eigenvalue weighted by Crippen LogP contribution is 2.19. The quantitative estimate of drug-likeness (QED) is 0.507. The molecule has 10 heavy (non-hydrogen) atoms. The second-order valence-corrected chi connectivity index (χ2v) is 3.07. The molecule has 1 aliphatic rings. The van der Waals surface area contributed by atoms with Crippen LogP contribution < -0.4 is 0 Å². The summed E-state index contributed by atoms with van der Waals surface area (Å²) in [5.41, 5.74) is 1.50. The van der Waals surface area contributed by atoms with Gasteiger partial charge in [-0.05, 0) is 18.5 Å². The molecule has 0 amide bonds. The van der Waals surface area contributed by atoms with E-state index in [4.69, 9.17) is 10.8 Å². The van der Waals surface area contributed by atoms with Gasteiger partial charge in [0.15, 0.2) is 0 Å². The third kappa shape index (κ3) is 2.57. The van der Waals surface area contributed by atoms with E-state index in [1.165, 1.54) is 0 Å². The lowest BCUT2D eigenvalue weighted by Crippen LogP contribution is -1.99. The molecule has 1 saturated carbocycles. The Labute approximate surface area is 64.6 Å². The van der Waals surface area contributed by atoms with Crippen molar-refractivity contribution in [2.45, 2.75) is 32.3 Å². The van der Waals surface area contributed by atoms with Crippen LogP contribution in [0.25, 0.3) is 0 Å². The molecule has 3 heteroatoms. The van der Waals surface area contributed by atoms with Crippen LogP contribution in [0, 0.1) is 10.8 Å². The predicted molar refractivity (Wildman–Crippen MR) is 49.5 cm³/mol. The monoisotopic (exact) mass is 158 g/mol. The predicted octanol–water partition coefficient (Wildman–Crippen LogP) is 2.09. The Balaban J connectivity index is 0.000000371. The fraction of sp³-hybridized carbons (Fsp3) is 0.714. The van der Waals surface area contributed by atoms with Crippen molar-refractivity contribution in [2.75, 3.05) is 0 Å². The van der Waals surface area contributed by atoms with E-state index in [0.717, 1.165) is 12.8 Å². The van der Waals surface area contributed by atoms with E-state index in [-0.39, 0.29) is 0 Å². The topological polar surface area (TPSA) is 47.7 Å². The highest BCUT2D eigenvalue weighted by Gasteiger charge is 2.19. The van der Waals surface area contributed by atoms with Gasteiger partial charge in [0.05, 0.1) is 11.4 Å². The average molecular weight is 158 g/mol. The summed E-state index contributed by atoms with van der Waals surface area (Å²) in [6.07, 6.45) is 1.56. The van der Waals surface area contributed by atoms with E-state index in [1.54, 1.807) is 0 Å². The molecule has 0 aromatic heterocycles. The molecule has 2 N–H and O–H groups in total. The minimum absolute atomic E-state index is 0.468. The van der Waals surface area contributed by atoms with Gasteiger partial charge < -0.3 is 10.8 Å². The van der Waals surface area contributed by atoms with Crippen molar-refractivity contribution in [1.82, 2.24) is 0 Å². The van der Waals surface area contributed by atoms with Gasteiger partial charge in [-0.25, -0.2) is 0 Å². The summed E-state index contributed by atoms with van der Waals surface area (Å²) in [4.78, 5) is 0. The van der Waals surface area contributed by atoms with Crippen molar-refractivity contribution in [3.63, 3.8) is 0 Å². The smallest absolute Gasteiger partial charge is 0.0527 e. The first-order valence-corrected chi connectivity index (χ1v) is 4.27. The minimum Gasteiger partial charge on any atom is -0.303 e. The molecule has 1 rings (SSSR count). The lowest BCUT2D eigenvalue weighted by Gasteiger charge is -1.90. The van der Waals surface area contributed by atoms with E-state index >= 15 is 0 Å². The van der Waals surface area contributed by atoms with E-state index < -0.39 is 0 Å². The number of hydrogen-bond donors (Lipinski definition) is 2. The van der Waals surface area contributed by atoms with Crippen molar-refractivity contribution < 1.29 is 0 Å². The molecule has 0 aromatic carbocycles. The van der Waals surface area contributed by atoms with Gasteiger partial charge >= 0.3 is 0 Å². The SMILES string of the molecule is CC.N=C1CC(P)CC1=N. The summed E-state index contributed by atoms with van der Waals surface area (Å²) in [7, 11) is 2.64. The summed E-state index contributed by atoms with van der Waals surface area (Å²) in [6.45, 7) is 4.00. The number of rotatable bonds is 0. The molecular formula is C7H15N2P. The largest absolute Gasteiger partial charge is 0.303 e. The van der Waals surface area contributed by atoms with E-state index in [2.05, 4.69) is 9.24 Å². The van der Waals surface area contributed by atoms with Crippen LogP contribution in [0.5, 0.6) is 0 Å². The number of hydrogen-bond acceptors (Lipinski definition) is 2. The summed E-state index contributed by atoms with van der Waals surface area (Å²) in [5, 5.41) is 14.3. The molecule has 1 aliphatic carbocycles. The van der Waals surface area contributed by atoms with Crippen LogP contribution in [0.2, 0.25) is 0 Å². The Bertz CT molecular complexity index is 127. The maximum atomic E-state index is 7.15.